The van der Waals surface area contributed by atoms with Crippen LogP contribution in [0.1, 0.15) is 5.56 Å². The van der Waals surface area contributed by atoms with Crippen LogP contribution in [-0.2, 0) is 4.79 Å². The third-order valence-electron chi connectivity index (χ3n) is 4.08. The smallest absolute Gasteiger partial charge is 0.246 e. The molecule has 5 heteroatoms. The molecule has 1 fully saturated rings. The lowest BCUT2D eigenvalue weighted by atomic mass is 10.2. The molecular weight excluding hydrogens is 388 g/mol. The monoisotopic (exact) mass is 404 g/mol. The minimum Gasteiger partial charge on any atom is -0.368 e. The van der Waals surface area contributed by atoms with Crippen molar-refractivity contribution in [1.82, 2.24) is 4.90 Å². The Morgan fingerprint density at radius 1 is 1.04 bits per heavy atom. The summed E-state index contributed by atoms with van der Waals surface area (Å²) in [7, 11) is 0. The molecular formula is C19H18BrClN2O. The van der Waals surface area contributed by atoms with E-state index in [1.807, 2.05) is 53.4 Å². The van der Waals surface area contributed by atoms with Crippen LogP contribution in [0, 0.1) is 0 Å². The highest BCUT2D eigenvalue weighted by molar-refractivity contribution is 9.10. The van der Waals surface area contributed by atoms with E-state index in [4.69, 9.17) is 11.6 Å². The zero-order valence-electron chi connectivity index (χ0n) is 13.2. The average molecular weight is 406 g/mol. The molecule has 0 aromatic heterocycles. The van der Waals surface area contributed by atoms with Gasteiger partial charge in [0.25, 0.3) is 0 Å². The van der Waals surface area contributed by atoms with E-state index >= 15 is 0 Å². The summed E-state index contributed by atoms with van der Waals surface area (Å²) in [5.41, 5.74) is 2.11. The summed E-state index contributed by atoms with van der Waals surface area (Å²) >= 11 is 9.54. The predicted molar refractivity (Wildman–Crippen MR) is 103 cm³/mol. The van der Waals surface area contributed by atoms with E-state index in [2.05, 4.69) is 26.9 Å². The number of halogens is 2. The van der Waals surface area contributed by atoms with Crippen LogP contribution in [0.2, 0.25) is 5.02 Å². The van der Waals surface area contributed by atoms with Gasteiger partial charge in [0.05, 0.1) is 0 Å². The molecule has 1 amide bonds. The summed E-state index contributed by atoms with van der Waals surface area (Å²) < 4.78 is 0.986. The van der Waals surface area contributed by atoms with Gasteiger partial charge in [0.1, 0.15) is 0 Å². The minimum atomic E-state index is 0.0523. The second-order valence-corrected chi connectivity index (χ2v) is 6.94. The maximum Gasteiger partial charge on any atom is 0.246 e. The SMILES string of the molecule is O=C(/C=C/c1ccccc1Br)N1CCN(c2cccc(Cl)c2)CC1. The maximum atomic E-state index is 12.4. The van der Waals surface area contributed by atoms with Crippen molar-refractivity contribution < 1.29 is 4.79 Å². The Balaban J connectivity index is 1.58. The van der Waals surface area contributed by atoms with Gasteiger partial charge >= 0.3 is 0 Å². The molecule has 1 aliphatic heterocycles. The molecule has 0 atom stereocenters. The molecule has 124 valence electrons. The zero-order valence-corrected chi connectivity index (χ0v) is 15.5. The van der Waals surface area contributed by atoms with Crippen LogP contribution < -0.4 is 4.90 Å². The molecule has 0 aliphatic carbocycles. The van der Waals surface area contributed by atoms with Crippen LogP contribution in [0.3, 0.4) is 0 Å². The zero-order chi connectivity index (χ0) is 16.9. The molecule has 0 spiro atoms. The van der Waals surface area contributed by atoms with Crippen LogP contribution >= 0.6 is 27.5 Å². The molecule has 1 heterocycles. The first kappa shape index (κ1) is 17.1. The quantitative estimate of drug-likeness (QED) is 0.704. The number of hydrogen-bond donors (Lipinski definition) is 0. The number of piperazine rings is 1. The molecule has 3 rings (SSSR count). The summed E-state index contributed by atoms with van der Waals surface area (Å²) in [4.78, 5) is 16.5. The lowest BCUT2D eigenvalue weighted by molar-refractivity contribution is -0.126. The Labute approximate surface area is 155 Å². The van der Waals surface area contributed by atoms with Crippen molar-refractivity contribution in [2.24, 2.45) is 0 Å². The third kappa shape index (κ3) is 4.19. The highest BCUT2D eigenvalue weighted by Crippen LogP contribution is 2.21. The number of carbonyl (C=O) groups is 1. The first-order valence-corrected chi connectivity index (χ1v) is 9.02. The number of rotatable bonds is 3. The molecule has 0 unspecified atom stereocenters. The van der Waals surface area contributed by atoms with E-state index in [1.165, 1.54) is 0 Å². The van der Waals surface area contributed by atoms with Crippen molar-refractivity contribution in [2.75, 3.05) is 31.1 Å². The number of amides is 1. The fourth-order valence-corrected chi connectivity index (χ4v) is 3.34. The maximum absolute atomic E-state index is 12.4. The van der Waals surface area contributed by atoms with Gasteiger partial charge in [-0.2, -0.15) is 0 Å². The van der Waals surface area contributed by atoms with Crippen molar-refractivity contribution in [3.8, 4) is 0 Å². The number of hydrogen-bond acceptors (Lipinski definition) is 2. The standard InChI is InChI=1S/C19H18BrClN2O/c20-18-7-2-1-4-15(18)8-9-19(24)23-12-10-22(11-13-23)17-6-3-5-16(21)14-17/h1-9,14H,10-13H2/b9-8+. The predicted octanol–water partition coefficient (Wildman–Crippen LogP) is 4.46. The van der Waals surface area contributed by atoms with Gasteiger partial charge < -0.3 is 9.80 Å². The Hall–Kier alpha value is -1.78. The van der Waals surface area contributed by atoms with Crippen molar-refractivity contribution in [3.05, 3.63) is 69.7 Å². The summed E-state index contributed by atoms with van der Waals surface area (Å²) in [5.74, 6) is 0.0523. The van der Waals surface area contributed by atoms with E-state index < -0.39 is 0 Å². The van der Waals surface area contributed by atoms with Gasteiger partial charge in [-0.25, -0.2) is 0 Å². The van der Waals surface area contributed by atoms with Crippen molar-refractivity contribution in [1.29, 1.82) is 0 Å². The van der Waals surface area contributed by atoms with Gasteiger partial charge in [-0.15, -0.1) is 0 Å². The number of benzene rings is 2. The lowest BCUT2D eigenvalue weighted by Crippen LogP contribution is -2.48. The first-order chi connectivity index (χ1) is 11.6. The molecule has 3 nitrogen and oxygen atoms in total. The Morgan fingerprint density at radius 2 is 1.79 bits per heavy atom. The second-order valence-electron chi connectivity index (χ2n) is 5.65. The van der Waals surface area contributed by atoms with E-state index in [9.17, 15) is 4.79 Å². The molecule has 24 heavy (non-hydrogen) atoms. The highest BCUT2D eigenvalue weighted by atomic mass is 79.9. The first-order valence-electron chi connectivity index (χ1n) is 7.85. The summed E-state index contributed by atoms with van der Waals surface area (Å²) in [6, 6.07) is 15.7. The molecule has 0 saturated carbocycles. The highest BCUT2D eigenvalue weighted by Gasteiger charge is 2.19. The Bertz CT molecular complexity index is 755. The second kappa shape index (κ2) is 7.86. The van der Waals surface area contributed by atoms with E-state index in [1.54, 1.807) is 6.08 Å². The molecule has 0 radical (unpaired) electrons. The van der Waals surface area contributed by atoms with Crippen LogP contribution in [-0.4, -0.2) is 37.0 Å². The fraction of sp³-hybridized carbons (Fsp3) is 0.211. The van der Waals surface area contributed by atoms with Gasteiger partial charge in [0.2, 0.25) is 5.91 Å². The van der Waals surface area contributed by atoms with E-state index in [0.29, 0.717) is 13.1 Å². The normalized spacial score (nSPS) is 15.1. The summed E-state index contributed by atoms with van der Waals surface area (Å²) in [6.07, 6.45) is 3.50. The summed E-state index contributed by atoms with van der Waals surface area (Å²) in [5, 5.41) is 0.738. The van der Waals surface area contributed by atoms with Gasteiger partial charge in [-0.05, 0) is 35.9 Å². The van der Waals surface area contributed by atoms with Crippen molar-refractivity contribution in [3.63, 3.8) is 0 Å². The number of carbonyl (C=O) groups excluding carboxylic acids is 1. The van der Waals surface area contributed by atoms with E-state index in [0.717, 1.165) is 33.8 Å². The number of nitrogens with zero attached hydrogens (tertiary/aromatic N) is 2. The fourth-order valence-electron chi connectivity index (χ4n) is 2.73. The van der Waals surface area contributed by atoms with Crippen LogP contribution in [0.5, 0.6) is 0 Å². The largest absolute Gasteiger partial charge is 0.368 e. The van der Waals surface area contributed by atoms with Crippen molar-refractivity contribution in [2.45, 2.75) is 0 Å². The molecule has 2 aromatic carbocycles. The van der Waals surface area contributed by atoms with Gasteiger partial charge in [0.15, 0.2) is 0 Å². The molecule has 1 aliphatic rings. The minimum absolute atomic E-state index is 0.0523. The van der Waals surface area contributed by atoms with Gasteiger partial charge in [-0.3, -0.25) is 4.79 Å². The van der Waals surface area contributed by atoms with Gasteiger partial charge in [-0.1, -0.05) is 51.8 Å². The van der Waals surface area contributed by atoms with Crippen LogP contribution in [0.25, 0.3) is 6.08 Å². The molecule has 2 aromatic rings. The van der Waals surface area contributed by atoms with Crippen LogP contribution in [0.4, 0.5) is 5.69 Å². The Kier molecular flexibility index (Phi) is 5.59. The Morgan fingerprint density at radius 3 is 2.50 bits per heavy atom. The molecule has 0 N–H and O–H groups in total. The van der Waals surface area contributed by atoms with Crippen molar-refractivity contribution >= 4 is 45.2 Å². The van der Waals surface area contributed by atoms with E-state index in [-0.39, 0.29) is 5.91 Å². The topological polar surface area (TPSA) is 23.6 Å². The van der Waals surface area contributed by atoms with Gasteiger partial charge in [0, 0.05) is 47.4 Å². The van der Waals surface area contributed by atoms with Crippen LogP contribution in [0.15, 0.2) is 59.1 Å². The summed E-state index contributed by atoms with van der Waals surface area (Å²) in [6.45, 7) is 3.06. The molecule has 0 bridgehead atoms. The lowest BCUT2D eigenvalue weighted by Gasteiger charge is -2.35. The molecule has 1 saturated heterocycles. The number of anilines is 1. The average Bonchev–Trinajstić information content (AvgIpc) is 2.61. The third-order valence-corrected chi connectivity index (χ3v) is 5.03.